The third kappa shape index (κ3) is 3.64. The average Bonchev–Trinajstić information content (AvgIpc) is 2.70. The largest absolute Gasteiger partial charge is 0.319 e. The second-order valence-corrected chi connectivity index (χ2v) is 5.88. The molecule has 144 valence electrons. The van der Waals surface area contributed by atoms with Crippen LogP contribution >= 0.6 is 0 Å². The first-order valence-electron chi connectivity index (χ1n) is 8.08. The molecule has 0 aliphatic rings. The summed E-state index contributed by atoms with van der Waals surface area (Å²) in [7, 11) is 0. The van der Waals surface area contributed by atoms with Crippen molar-refractivity contribution in [1.82, 2.24) is 9.78 Å². The van der Waals surface area contributed by atoms with Crippen LogP contribution in [0.25, 0.3) is 11.3 Å². The molecule has 3 aromatic rings. The predicted molar refractivity (Wildman–Crippen MR) is 93.5 cm³/mol. The van der Waals surface area contributed by atoms with E-state index in [1.54, 1.807) is 35.6 Å². The van der Waals surface area contributed by atoms with Gasteiger partial charge in [0.05, 0.1) is 5.69 Å². The summed E-state index contributed by atoms with van der Waals surface area (Å²) >= 11 is 0. The van der Waals surface area contributed by atoms with E-state index in [2.05, 4.69) is 5.10 Å². The van der Waals surface area contributed by atoms with Gasteiger partial charge in [-0.1, -0.05) is 30.3 Å². The summed E-state index contributed by atoms with van der Waals surface area (Å²) in [6.07, 6.45) is 0. The molecule has 0 aliphatic carbocycles. The van der Waals surface area contributed by atoms with Crippen LogP contribution in [-0.2, 0) is 4.79 Å². The van der Waals surface area contributed by atoms with Crippen LogP contribution in [0.15, 0.2) is 53.3 Å². The van der Waals surface area contributed by atoms with Gasteiger partial charge in [0.25, 0.3) is 5.56 Å². The van der Waals surface area contributed by atoms with Crippen LogP contribution in [0.4, 0.5) is 23.2 Å². The van der Waals surface area contributed by atoms with E-state index < -0.39 is 46.5 Å². The van der Waals surface area contributed by atoms with E-state index in [4.69, 9.17) is 0 Å². The normalized spacial score (nSPS) is 11.9. The molecule has 5 nitrogen and oxygen atoms in total. The number of rotatable bonds is 4. The molecule has 28 heavy (non-hydrogen) atoms. The van der Waals surface area contributed by atoms with Crippen LogP contribution in [0.1, 0.15) is 13.0 Å². The minimum atomic E-state index is -1.75. The molecule has 9 heteroatoms. The lowest BCUT2D eigenvalue weighted by molar-refractivity contribution is -0.119. The number of nitrogens with zero attached hydrogens (tertiary/aromatic N) is 2. The smallest absolute Gasteiger partial charge is 0.267 e. The van der Waals surface area contributed by atoms with Crippen LogP contribution in [-0.4, -0.2) is 15.7 Å². The number of halogens is 4. The van der Waals surface area contributed by atoms with Gasteiger partial charge >= 0.3 is 0 Å². The Hall–Kier alpha value is -3.49. The number of hydrogen-bond donors (Lipinski definition) is 1. The van der Waals surface area contributed by atoms with Crippen LogP contribution in [0.2, 0.25) is 0 Å². The van der Waals surface area contributed by atoms with Crippen molar-refractivity contribution in [2.75, 3.05) is 5.32 Å². The molecule has 2 aromatic carbocycles. The van der Waals surface area contributed by atoms with Gasteiger partial charge in [-0.25, -0.2) is 22.2 Å². The molecule has 0 saturated carbocycles. The molecule has 0 radical (unpaired) electrons. The van der Waals surface area contributed by atoms with Gasteiger partial charge in [-0.15, -0.1) is 0 Å². The Morgan fingerprint density at radius 2 is 1.61 bits per heavy atom. The molecule has 1 N–H and O–H groups in total. The molecule has 1 atom stereocenters. The second kappa shape index (κ2) is 7.63. The third-order valence-corrected chi connectivity index (χ3v) is 4.00. The summed E-state index contributed by atoms with van der Waals surface area (Å²) in [6.45, 7) is 1.25. The number of carbonyl (C=O) groups excluding carboxylic acids is 1. The minimum absolute atomic E-state index is 0.0269. The fourth-order valence-corrected chi connectivity index (χ4v) is 2.49. The maximum atomic E-state index is 13.8. The molecule has 0 bridgehead atoms. The van der Waals surface area contributed by atoms with Gasteiger partial charge in [-0.2, -0.15) is 5.10 Å². The number of nitrogens with one attached hydrogen (secondary N) is 1. The fourth-order valence-electron chi connectivity index (χ4n) is 2.49. The zero-order valence-electron chi connectivity index (χ0n) is 14.4. The summed E-state index contributed by atoms with van der Waals surface area (Å²) in [5.41, 5.74) is -0.863. The van der Waals surface area contributed by atoms with Gasteiger partial charge in [0.2, 0.25) is 5.91 Å². The number of amides is 1. The summed E-state index contributed by atoms with van der Waals surface area (Å²) in [5, 5.41) is 5.87. The summed E-state index contributed by atoms with van der Waals surface area (Å²) in [5.74, 6) is -7.91. The Bertz CT molecular complexity index is 1070. The quantitative estimate of drug-likeness (QED) is 0.545. The lowest BCUT2D eigenvalue weighted by Gasteiger charge is -2.16. The molecule has 0 spiro atoms. The minimum Gasteiger partial charge on any atom is -0.319 e. The molecule has 1 heterocycles. The van der Waals surface area contributed by atoms with Crippen molar-refractivity contribution in [3.8, 4) is 11.3 Å². The molecule has 1 amide bonds. The van der Waals surface area contributed by atoms with Crippen LogP contribution < -0.4 is 10.9 Å². The molecule has 0 saturated heterocycles. The first-order valence-corrected chi connectivity index (χ1v) is 8.08. The van der Waals surface area contributed by atoms with Gasteiger partial charge in [0, 0.05) is 17.7 Å². The van der Waals surface area contributed by atoms with Crippen LogP contribution in [0.5, 0.6) is 0 Å². The van der Waals surface area contributed by atoms with Crippen LogP contribution in [0, 0.1) is 23.3 Å². The third-order valence-electron chi connectivity index (χ3n) is 4.00. The fraction of sp³-hybridized carbons (Fsp3) is 0.105. The number of carbonyl (C=O) groups is 1. The highest BCUT2D eigenvalue weighted by molar-refractivity contribution is 5.93. The van der Waals surface area contributed by atoms with Crippen molar-refractivity contribution in [2.24, 2.45) is 0 Å². The van der Waals surface area contributed by atoms with Crippen molar-refractivity contribution in [3.63, 3.8) is 0 Å². The lowest BCUT2D eigenvalue weighted by atomic mass is 10.1. The number of aromatic nitrogens is 2. The number of anilines is 1. The van der Waals surface area contributed by atoms with Gasteiger partial charge in [-0.05, 0) is 13.0 Å². The first-order chi connectivity index (χ1) is 13.3. The van der Waals surface area contributed by atoms with E-state index in [1.807, 2.05) is 0 Å². The predicted octanol–water partition coefficient (Wildman–Crippen LogP) is 3.67. The Morgan fingerprint density at radius 3 is 2.21 bits per heavy atom. The maximum absolute atomic E-state index is 13.8. The van der Waals surface area contributed by atoms with E-state index >= 15 is 0 Å². The first kappa shape index (κ1) is 19.3. The molecule has 0 aliphatic heterocycles. The molecule has 1 aromatic heterocycles. The summed E-state index contributed by atoms with van der Waals surface area (Å²) in [4.78, 5) is 24.4. The Kier molecular flexibility index (Phi) is 5.25. The maximum Gasteiger partial charge on any atom is 0.267 e. The topological polar surface area (TPSA) is 64.0 Å². The zero-order chi connectivity index (χ0) is 20.4. The Labute approximate surface area is 156 Å². The highest BCUT2D eigenvalue weighted by Crippen LogP contribution is 2.25. The van der Waals surface area contributed by atoms with Gasteiger partial charge in [0.1, 0.15) is 11.7 Å². The van der Waals surface area contributed by atoms with Gasteiger partial charge in [0.15, 0.2) is 23.3 Å². The van der Waals surface area contributed by atoms with Crippen molar-refractivity contribution in [3.05, 3.63) is 82.2 Å². The van der Waals surface area contributed by atoms with Gasteiger partial charge < -0.3 is 5.32 Å². The van der Waals surface area contributed by atoms with E-state index in [-0.39, 0.29) is 6.07 Å². The number of hydrogen-bond acceptors (Lipinski definition) is 3. The second-order valence-electron chi connectivity index (χ2n) is 5.88. The lowest BCUT2D eigenvalue weighted by Crippen LogP contribution is -2.33. The van der Waals surface area contributed by atoms with Crippen molar-refractivity contribution < 1.29 is 22.4 Å². The standard InChI is InChI=1S/C19H13F4N3O2/c1-10(19(28)24-18-16(22)12(20)9-13(21)17(18)23)26-15(27)8-7-14(25-26)11-5-3-2-4-6-11/h2-10H,1H3,(H,24,28). The number of benzene rings is 2. The van der Waals surface area contributed by atoms with E-state index in [0.717, 1.165) is 4.68 Å². The summed E-state index contributed by atoms with van der Waals surface area (Å²) in [6, 6.07) is 10.1. The van der Waals surface area contributed by atoms with Crippen molar-refractivity contribution in [1.29, 1.82) is 0 Å². The Morgan fingerprint density at radius 1 is 1.00 bits per heavy atom. The highest BCUT2D eigenvalue weighted by atomic mass is 19.2. The highest BCUT2D eigenvalue weighted by Gasteiger charge is 2.24. The van der Waals surface area contributed by atoms with E-state index in [1.165, 1.54) is 19.1 Å². The zero-order valence-corrected chi connectivity index (χ0v) is 14.4. The van der Waals surface area contributed by atoms with Crippen molar-refractivity contribution >= 4 is 11.6 Å². The molecule has 0 fully saturated rings. The van der Waals surface area contributed by atoms with Crippen molar-refractivity contribution in [2.45, 2.75) is 13.0 Å². The Balaban J connectivity index is 1.94. The molecular formula is C19H13F4N3O2. The van der Waals surface area contributed by atoms with Crippen LogP contribution in [0.3, 0.4) is 0 Å². The molecular weight excluding hydrogens is 378 g/mol. The van der Waals surface area contributed by atoms with Gasteiger partial charge in [-0.3, -0.25) is 9.59 Å². The van der Waals surface area contributed by atoms with E-state index in [9.17, 15) is 27.2 Å². The molecule has 1 unspecified atom stereocenters. The average molecular weight is 391 g/mol. The summed E-state index contributed by atoms with van der Waals surface area (Å²) < 4.78 is 54.9. The molecule has 3 rings (SSSR count). The SMILES string of the molecule is CC(C(=O)Nc1c(F)c(F)cc(F)c1F)n1nc(-c2ccccc2)ccc1=O. The monoisotopic (exact) mass is 391 g/mol. The van der Waals surface area contributed by atoms with E-state index in [0.29, 0.717) is 11.3 Å².